The molecule has 1 aromatic heterocycles. The number of amides is 1. The molecule has 2 aromatic rings. The van der Waals surface area contributed by atoms with Crippen LogP contribution in [0.25, 0.3) is 5.57 Å². The number of carbonyl (C=O) groups is 1. The number of nitrogens with zero attached hydrogens (tertiary/aromatic N) is 2. The fraction of sp³-hybridized carbons (Fsp3) is 0.188. The lowest BCUT2D eigenvalue weighted by Crippen LogP contribution is -2.25. The second-order valence-electron chi connectivity index (χ2n) is 4.87. The Bertz CT molecular complexity index is 708. The van der Waals surface area contributed by atoms with Crippen molar-refractivity contribution in [3.05, 3.63) is 64.3 Å². The van der Waals surface area contributed by atoms with E-state index in [4.69, 9.17) is 17.3 Å². The molecular weight excluding hydrogens is 300 g/mol. The summed E-state index contributed by atoms with van der Waals surface area (Å²) in [6.45, 7) is 4.04. The molecule has 0 spiro atoms. The lowest BCUT2D eigenvalue weighted by Gasteiger charge is -2.09. The number of hydrogen-bond acceptors (Lipinski definition) is 4. The lowest BCUT2D eigenvalue weighted by atomic mass is 10.2. The highest BCUT2D eigenvalue weighted by Gasteiger charge is 2.15. The Morgan fingerprint density at radius 1 is 1.27 bits per heavy atom. The Labute approximate surface area is 134 Å². The van der Waals surface area contributed by atoms with Crippen LogP contribution in [0.1, 0.15) is 22.8 Å². The Hall–Kier alpha value is -2.40. The molecule has 22 heavy (non-hydrogen) atoms. The van der Waals surface area contributed by atoms with Gasteiger partial charge in [0.05, 0.1) is 5.57 Å². The first-order valence-corrected chi connectivity index (χ1v) is 7.14. The van der Waals surface area contributed by atoms with Crippen LogP contribution < -0.4 is 11.1 Å². The maximum absolute atomic E-state index is 12.3. The maximum Gasteiger partial charge on any atom is 0.256 e. The van der Waals surface area contributed by atoms with Crippen LogP contribution in [0.4, 0.5) is 0 Å². The molecule has 114 valence electrons. The molecule has 5 nitrogen and oxygen atoms in total. The zero-order valence-electron chi connectivity index (χ0n) is 12.4. The molecule has 0 unspecified atom stereocenters. The van der Waals surface area contributed by atoms with Gasteiger partial charge in [0.15, 0.2) is 5.82 Å². The van der Waals surface area contributed by atoms with Crippen LogP contribution in [-0.4, -0.2) is 15.9 Å². The first-order chi connectivity index (χ1) is 10.5. The smallest absolute Gasteiger partial charge is 0.256 e. The van der Waals surface area contributed by atoms with Crippen LogP contribution in [0.2, 0.25) is 5.02 Å². The molecule has 0 fully saturated rings. The number of nitrogens with two attached hydrogens (primary N) is 1. The van der Waals surface area contributed by atoms with Crippen LogP contribution in [0, 0.1) is 13.8 Å². The average molecular weight is 317 g/mol. The number of halogens is 1. The van der Waals surface area contributed by atoms with Gasteiger partial charge in [0.2, 0.25) is 0 Å². The Kier molecular flexibility index (Phi) is 5.12. The normalized spacial score (nSPS) is 11.3. The predicted octanol–water partition coefficient (Wildman–Crippen LogP) is 2.36. The first-order valence-electron chi connectivity index (χ1n) is 6.77. The van der Waals surface area contributed by atoms with Crippen molar-refractivity contribution in [2.45, 2.75) is 20.4 Å². The van der Waals surface area contributed by atoms with Gasteiger partial charge >= 0.3 is 0 Å². The summed E-state index contributed by atoms with van der Waals surface area (Å²) >= 11 is 5.92. The van der Waals surface area contributed by atoms with Crippen molar-refractivity contribution in [2.24, 2.45) is 5.73 Å². The Balaban J connectivity index is 2.12. The van der Waals surface area contributed by atoms with Gasteiger partial charge in [0.25, 0.3) is 5.91 Å². The number of aromatic nitrogens is 2. The number of aryl methyl sites for hydroxylation is 2. The highest BCUT2D eigenvalue weighted by Crippen LogP contribution is 2.13. The average Bonchev–Trinajstić information content (AvgIpc) is 2.45. The number of nitrogens with one attached hydrogen (secondary N) is 1. The maximum atomic E-state index is 12.3. The van der Waals surface area contributed by atoms with Gasteiger partial charge in [0.1, 0.15) is 0 Å². The molecule has 0 bridgehead atoms. The van der Waals surface area contributed by atoms with Crippen LogP contribution in [-0.2, 0) is 11.3 Å². The molecule has 1 aromatic carbocycles. The molecule has 6 heteroatoms. The molecule has 3 N–H and O–H groups in total. The minimum atomic E-state index is -0.326. The van der Waals surface area contributed by atoms with Crippen LogP contribution in [0.3, 0.4) is 0 Å². The summed E-state index contributed by atoms with van der Waals surface area (Å²) in [4.78, 5) is 20.8. The van der Waals surface area contributed by atoms with Gasteiger partial charge in [-0.15, -0.1) is 0 Å². The Morgan fingerprint density at radius 3 is 2.55 bits per heavy atom. The number of benzene rings is 1. The summed E-state index contributed by atoms with van der Waals surface area (Å²) in [6.07, 6.45) is 1.22. The van der Waals surface area contributed by atoms with Gasteiger partial charge in [-0.2, -0.15) is 0 Å². The Morgan fingerprint density at radius 2 is 1.95 bits per heavy atom. The molecule has 2 rings (SSSR count). The molecule has 0 saturated heterocycles. The molecule has 0 saturated carbocycles. The largest absolute Gasteiger partial charge is 0.404 e. The highest BCUT2D eigenvalue weighted by molar-refractivity contribution is 6.30. The summed E-state index contributed by atoms with van der Waals surface area (Å²) in [6, 6.07) is 9.12. The molecule has 0 aliphatic heterocycles. The van der Waals surface area contributed by atoms with Crippen LogP contribution >= 0.6 is 11.6 Å². The fourth-order valence-corrected chi connectivity index (χ4v) is 2.24. The first kappa shape index (κ1) is 16.0. The zero-order valence-corrected chi connectivity index (χ0v) is 13.2. The van der Waals surface area contributed by atoms with E-state index in [1.165, 1.54) is 6.20 Å². The van der Waals surface area contributed by atoms with E-state index in [2.05, 4.69) is 15.3 Å². The van der Waals surface area contributed by atoms with E-state index in [9.17, 15) is 4.79 Å². The van der Waals surface area contributed by atoms with E-state index in [1.54, 1.807) is 12.1 Å². The minimum Gasteiger partial charge on any atom is -0.404 e. The van der Waals surface area contributed by atoms with E-state index in [1.807, 2.05) is 32.0 Å². The zero-order chi connectivity index (χ0) is 16.1. The van der Waals surface area contributed by atoms with Crippen molar-refractivity contribution in [3.8, 4) is 0 Å². The molecule has 0 radical (unpaired) electrons. The lowest BCUT2D eigenvalue weighted by molar-refractivity contribution is -0.115. The SMILES string of the molecule is Cc1cc(C)nc(C(=CN)C(=O)NCc2cccc(Cl)c2)n1. The van der Waals surface area contributed by atoms with E-state index in [0.29, 0.717) is 17.4 Å². The van der Waals surface area contributed by atoms with Crippen molar-refractivity contribution < 1.29 is 4.79 Å². The minimum absolute atomic E-state index is 0.244. The van der Waals surface area contributed by atoms with Crippen molar-refractivity contribution in [2.75, 3.05) is 0 Å². The summed E-state index contributed by atoms with van der Waals surface area (Å²) in [5.41, 5.74) is 8.28. The second-order valence-corrected chi connectivity index (χ2v) is 5.30. The summed E-state index contributed by atoms with van der Waals surface area (Å²) in [5.74, 6) is -0.00364. The van der Waals surface area contributed by atoms with Crippen LogP contribution in [0.5, 0.6) is 0 Å². The van der Waals surface area contributed by atoms with Crippen molar-refractivity contribution in [3.63, 3.8) is 0 Å². The summed E-state index contributed by atoms with van der Waals surface area (Å²) in [5, 5.41) is 3.41. The number of carbonyl (C=O) groups excluding carboxylic acids is 1. The summed E-state index contributed by atoms with van der Waals surface area (Å²) < 4.78 is 0. The monoisotopic (exact) mass is 316 g/mol. The van der Waals surface area contributed by atoms with Gasteiger partial charge in [-0.1, -0.05) is 23.7 Å². The van der Waals surface area contributed by atoms with E-state index >= 15 is 0 Å². The van der Waals surface area contributed by atoms with Gasteiger partial charge in [-0.25, -0.2) is 9.97 Å². The molecule has 1 amide bonds. The predicted molar refractivity (Wildman–Crippen MR) is 87.0 cm³/mol. The molecular formula is C16H17ClN4O. The van der Waals surface area contributed by atoms with Gasteiger partial charge < -0.3 is 11.1 Å². The van der Waals surface area contributed by atoms with Gasteiger partial charge in [-0.05, 0) is 37.6 Å². The number of rotatable bonds is 4. The van der Waals surface area contributed by atoms with Crippen molar-refractivity contribution >= 4 is 23.1 Å². The van der Waals surface area contributed by atoms with Crippen LogP contribution in [0.15, 0.2) is 36.5 Å². The standard InChI is InChI=1S/C16H17ClN4O/c1-10-6-11(2)21-15(20-10)14(8-18)16(22)19-9-12-4-3-5-13(17)7-12/h3-8H,9,18H2,1-2H3,(H,19,22). The third kappa shape index (κ3) is 4.05. The summed E-state index contributed by atoms with van der Waals surface area (Å²) in [7, 11) is 0. The van der Waals surface area contributed by atoms with Crippen molar-refractivity contribution in [1.82, 2.24) is 15.3 Å². The third-order valence-electron chi connectivity index (χ3n) is 2.98. The highest BCUT2D eigenvalue weighted by atomic mass is 35.5. The van der Waals surface area contributed by atoms with E-state index in [-0.39, 0.29) is 11.5 Å². The second kappa shape index (κ2) is 7.04. The van der Waals surface area contributed by atoms with Gasteiger partial charge in [-0.3, -0.25) is 4.79 Å². The third-order valence-corrected chi connectivity index (χ3v) is 3.21. The van der Waals surface area contributed by atoms with E-state index < -0.39 is 0 Å². The fourth-order valence-electron chi connectivity index (χ4n) is 2.02. The molecule has 1 heterocycles. The van der Waals surface area contributed by atoms with E-state index in [0.717, 1.165) is 17.0 Å². The van der Waals surface area contributed by atoms with Crippen molar-refractivity contribution in [1.29, 1.82) is 0 Å². The number of hydrogen-bond donors (Lipinski definition) is 2. The molecule has 0 atom stereocenters. The topological polar surface area (TPSA) is 80.9 Å². The quantitative estimate of drug-likeness (QED) is 0.848. The molecule has 0 aliphatic rings. The van der Waals surface area contributed by atoms with Gasteiger partial charge in [0, 0.05) is 29.2 Å². The molecule has 0 aliphatic carbocycles.